The molecule has 1 rings (SSSR count). The van der Waals surface area contributed by atoms with Crippen LogP contribution in [-0.4, -0.2) is 25.8 Å². The second kappa shape index (κ2) is 8.16. The van der Waals surface area contributed by atoms with Crippen molar-refractivity contribution >= 4 is 15.9 Å². The van der Waals surface area contributed by atoms with Gasteiger partial charge in [-0.15, -0.1) is 0 Å². The molecule has 0 aliphatic rings. The van der Waals surface area contributed by atoms with Gasteiger partial charge in [-0.2, -0.15) is 0 Å². The summed E-state index contributed by atoms with van der Waals surface area (Å²) in [6.45, 7) is 10.8. The van der Waals surface area contributed by atoms with Crippen LogP contribution < -0.4 is 5.32 Å². The Morgan fingerprint density at radius 2 is 1.80 bits per heavy atom. The molecule has 0 heterocycles. The normalized spacial score (nSPS) is 15.1. The third-order valence-electron chi connectivity index (χ3n) is 3.61. The van der Waals surface area contributed by atoms with E-state index in [0.717, 1.165) is 24.0 Å². The molecule has 3 heteroatoms. The highest BCUT2D eigenvalue weighted by Gasteiger charge is 2.21. The topological polar surface area (TPSA) is 21.3 Å². The number of rotatable bonds is 7. The van der Waals surface area contributed by atoms with Crippen molar-refractivity contribution in [2.45, 2.75) is 45.6 Å². The van der Waals surface area contributed by atoms with E-state index in [1.807, 2.05) is 0 Å². The molecule has 0 amide bonds. The molecule has 0 fully saturated rings. The van der Waals surface area contributed by atoms with Crippen LogP contribution in [0.1, 0.15) is 45.6 Å². The molecule has 1 aromatic rings. The highest BCUT2D eigenvalue weighted by atomic mass is 79.9. The van der Waals surface area contributed by atoms with Gasteiger partial charge in [-0.3, -0.25) is 0 Å². The molecule has 2 unspecified atom stereocenters. The Hall–Kier alpha value is -0.380. The minimum absolute atomic E-state index is 0.147. The molecule has 0 aliphatic carbocycles. The van der Waals surface area contributed by atoms with Crippen LogP contribution in [0.4, 0.5) is 0 Å². The summed E-state index contributed by atoms with van der Waals surface area (Å²) in [6, 6.07) is 8.70. The number of ether oxygens (including phenoxy) is 1. The molecule has 2 nitrogen and oxygen atoms in total. The van der Waals surface area contributed by atoms with Crippen molar-refractivity contribution in [3.63, 3.8) is 0 Å². The van der Waals surface area contributed by atoms with Gasteiger partial charge >= 0.3 is 0 Å². The highest BCUT2D eigenvalue weighted by molar-refractivity contribution is 9.10. The largest absolute Gasteiger partial charge is 0.385 e. The minimum Gasteiger partial charge on any atom is -0.385 e. The maximum Gasteiger partial charge on any atom is 0.0465 e. The van der Waals surface area contributed by atoms with Crippen LogP contribution in [0.15, 0.2) is 28.7 Å². The third kappa shape index (κ3) is 6.38. The van der Waals surface area contributed by atoms with Gasteiger partial charge in [0.1, 0.15) is 0 Å². The smallest absolute Gasteiger partial charge is 0.0465 e. The van der Waals surface area contributed by atoms with Crippen LogP contribution in [0.3, 0.4) is 0 Å². The van der Waals surface area contributed by atoms with E-state index in [-0.39, 0.29) is 5.54 Å². The molecule has 20 heavy (non-hydrogen) atoms. The molecule has 0 saturated carbocycles. The highest BCUT2D eigenvalue weighted by Crippen LogP contribution is 2.28. The van der Waals surface area contributed by atoms with Crippen molar-refractivity contribution in [3.8, 4) is 0 Å². The first-order valence-electron chi connectivity index (χ1n) is 7.33. The van der Waals surface area contributed by atoms with Crippen molar-refractivity contribution in [1.82, 2.24) is 5.32 Å². The zero-order valence-corrected chi connectivity index (χ0v) is 15.0. The van der Waals surface area contributed by atoms with E-state index in [1.54, 1.807) is 7.11 Å². The quantitative estimate of drug-likeness (QED) is 0.782. The van der Waals surface area contributed by atoms with Crippen LogP contribution in [0.25, 0.3) is 0 Å². The van der Waals surface area contributed by atoms with Gasteiger partial charge < -0.3 is 10.1 Å². The summed E-state index contributed by atoms with van der Waals surface area (Å²) >= 11 is 3.51. The zero-order valence-electron chi connectivity index (χ0n) is 13.4. The third-order valence-corrected chi connectivity index (χ3v) is 4.14. The van der Waals surface area contributed by atoms with Gasteiger partial charge in [-0.1, -0.05) is 35.0 Å². The first-order valence-corrected chi connectivity index (χ1v) is 8.12. The van der Waals surface area contributed by atoms with Gasteiger partial charge in [0.25, 0.3) is 0 Å². The second-order valence-corrected chi connectivity index (χ2v) is 7.46. The molecule has 1 N–H and O–H groups in total. The van der Waals surface area contributed by atoms with Crippen molar-refractivity contribution < 1.29 is 4.74 Å². The van der Waals surface area contributed by atoms with Crippen molar-refractivity contribution in [2.75, 3.05) is 20.3 Å². The van der Waals surface area contributed by atoms with E-state index in [1.165, 1.54) is 5.56 Å². The Balaban J connectivity index is 2.80. The predicted molar refractivity (Wildman–Crippen MR) is 90.3 cm³/mol. The van der Waals surface area contributed by atoms with Crippen LogP contribution in [0.5, 0.6) is 0 Å². The van der Waals surface area contributed by atoms with Crippen LogP contribution >= 0.6 is 15.9 Å². The first-order chi connectivity index (χ1) is 9.33. The van der Waals surface area contributed by atoms with Gasteiger partial charge in [0, 0.05) is 30.3 Å². The fraction of sp³-hybridized carbons (Fsp3) is 0.647. The summed E-state index contributed by atoms with van der Waals surface area (Å²) in [7, 11) is 1.77. The maximum absolute atomic E-state index is 5.24. The average molecular weight is 342 g/mol. The lowest BCUT2D eigenvalue weighted by molar-refractivity contribution is 0.172. The predicted octanol–water partition coefficient (Wildman–Crippen LogP) is 4.59. The van der Waals surface area contributed by atoms with E-state index in [9.17, 15) is 0 Å². The van der Waals surface area contributed by atoms with Crippen LogP contribution in [0, 0.1) is 5.92 Å². The van der Waals surface area contributed by atoms with E-state index >= 15 is 0 Å². The van der Waals surface area contributed by atoms with Crippen molar-refractivity contribution in [2.24, 2.45) is 5.92 Å². The lowest BCUT2D eigenvalue weighted by Gasteiger charge is -2.29. The first kappa shape index (κ1) is 17.7. The summed E-state index contributed by atoms with van der Waals surface area (Å²) in [4.78, 5) is 0. The summed E-state index contributed by atoms with van der Waals surface area (Å²) in [5, 5.41) is 3.64. The van der Waals surface area contributed by atoms with Gasteiger partial charge in [-0.25, -0.2) is 0 Å². The molecule has 2 atom stereocenters. The van der Waals surface area contributed by atoms with Gasteiger partial charge in [0.2, 0.25) is 0 Å². The fourth-order valence-electron chi connectivity index (χ4n) is 2.28. The standard InChI is InChI=1S/C17H28BrNO/c1-13(10-11-20-5)16(12-19-17(2,3)4)14-6-8-15(18)9-7-14/h6-9,13,16,19H,10-12H2,1-5H3. The maximum atomic E-state index is 5.24. The fourth-order valence-corrected chi connectivity index (χ4v) is 2.54. The van der Waals surface area contributed by atoms with E-state index in [2.05, 4.69) is 73.2 Å². The number of halogens is 1. The molecule has 0 aliphatic heterocycles. The number of methoxy groups -OCH3 is 1. The number of hydrogen-bond acceptors (Lipinski definition) is 2. The van der Waals surface area contributed by atoms with E-state index in [4.69, 9.17) is 4.74 Å². The Labute approximate surface area is 132 Å². The van der Waals surface area contributed by atoms with Crippen molar-refractivity contribution in [1.29, 1.82) is 0 Å². The lowest BCUT2D eigenvalue weighted by atomic mass is 9.84. The van der Waals surface area contributed by atoms with Crippen molar-refractivity contribution in [3.05, 3.63) is 34.3 Å². The molecular weight excluding hydrogens is 314 g/mol. The Bertz CT molecular complexity index is 383. The molecular formula is C17H28BrNO. The van der Waals surface area contributed by atoms with E-state index < -0.39 is 0 Å². The summed E-state index contributed by atoms with van der Waals surface area (Å²) < 4.78 is 6.37. The number of benzene rings is 1. The minimum atomic E-state index is 0.147. The molecule has 0 spiro atoms. The molecule has 0 aromatic heterocycles. The van der Waals surface area contributed by atoms with E-state index in [0.29, 0.717) is 11.8 Å². The summed E-state index contributed by atoms with van der Waals surface area (Å²) in [5.74, 6) is 1.10. The Morgan fingerprint density at radius 1 is 1.20 bits per heavy atom. The van der Waals surface area contributed by atoms with Gasteiger partial charge in [-0.05, 0) is 56.7 Å². The van der Waals surface area contributed by atoms with Crippen LogP contribution in [-0.2, 0) is 4.74 Å². The number of nitrogens with one attached hydrogen (secondary N) is 1. The van der Waals surface area contributed by atoms with Crippen LogP contribution in [0.2, 0.25) is 0 Å². The molecule has 0 bridgehead atoms. The monoisotopic (exact) mass is 341 g/mol. The summed E-state index contributed by atoms with van der Waals surface area (Å²) in [6.07, 6.45) is 1.09. The Kier molecular flexibility index (Phi) is 7.21. The average Bonchev–Trinajstić information content (AvgIpc) is 2.37. The zero-order chi connectivity index (χ0) is 15.2. The SMILES string of the molecule is COCCC(C)C(CNC(C)(C)C)c1ccc(Br)cc1. The summed E-state index contributed by atoms with van der Waals surface area (Å²) in [5.41, 5.74) is 1.54. The van der Waals surface area contributed by atoms with Gasteiger partial charge in [0.05, 0.1) is 0 Å². The second-order valence-electron chi connectivity index (χ2n) is 6.55. The number of hydrogen-bond donors (Lipinski definition) is 1. The molecule has 0 radical (unpaired) electrons. The molecule has 114 valence electrons. The lowest BCUT2D eigenvalue weighted by Crippen LogP contribution is -2.39. The molecule has 1 aromatic carbocycles. The van der Waals surface area contributed by atoms with Gasteiger partial charge in [0.15, 0.2) is 0 Å². The molecule has 0 saturated heterocycles. The Morgan fingerprint density at radius 3 is 2.30 bits per heavy atom.